The molecule has 0 spiro atoms. The van der Waals surface area contributed by atoms with E-state index in [1.54, 1.807) is 37.4 Å². The zero-order valence-electron chi connectivity index (χ0n) is 10.3. The van der Waals surface area contributed by atoms with E-state index in [0.717, 1.165) is 17.0 Å². The maximum atomic E-state index is 9.35. The van der Waals surface area contributed by atoms with Crippen molar-refractivity contribution < 1.29 is 9.84 Å². The number of phenols is 1. The van der Waals surface area contributed by atoms with Crippen molar-refractivity contribution >= 4 is 28.9 Å². The van der Waals surface area contributed by atoms with Gasteiger partial charge in [-0.2, -0.15) is 0 Å². The highest BCUT2D eigenvalue weighted by molar-refractivity contribution is 6.33. The molecule has 0 unspecified atom stereocenters. The summed E-state index contributed by atoms with van der Waals surface area (Å²) in [7, 11) is 1.60. The van der Waals surface area contributed by atoms with E-state index in [0.29, 0.717) is 16.6 Å². The van der Waals surface area contributed by atoms with Crippen LogP contribution in [-0.4, -0.2) is 12.2 Å². The highest BCUT2D eigenvalue weighted by Gasteiger charge is 2.04. The van der Waals surface area contributed by atoms with Crippen LogP contribution in [0.15, 0.2) is 36.4 Å². The predicted molar refractivity (Wildman–Crippen MR) is 78.4 cm³/mol. The van der Waals surface area contributed by atoms with Gasteiger partial charge in [-0.1, -0.05) is 29.3 Å². The van der Waals surface area contributed by atoms with Gasteiger partial charge in [-0.15, -0.1) is 0 Å². The quantitative estimate of drug-likeness (QED) is 0.883. The van der Waals surface area contributed by atoms with E-state index in [9.17, 15) is 5.11 Å². The summed E-state index contributed by atoms with van der Waals surface area (Å²) in [5, 5.41) is 13.5. The Bertz CT molecular complexity index is 588. The molecule has 0 bridgehead atoms. The lowest BCUT2D eigenvalue weighted by Gasteiger charge is -2.10. The topological polar surface area (TPSA) is 41.5 Å². The van der Waals surface area contributed by atoms with Crippen LogP contribution < -0.4 is 10.1 Å². The molecule has 0 aliphatic carbocycles. The second kappa shape index (κ2) is 6.04. The number of aromatic hydroxyl groups is 1. The number of hydrogen-bond acceptors (Lipinski definition) is 3. The second-order valence-corrected chi connectivity index (χ2v) is 4.80. The molecule has 2 N–H and O–H groups in total. The maximum absolute atomic E-state index is 9.35. The number of rotatable bonds is 4. The van der Waals surface area contributed by atoms with E-state index in [-0.39, 0.29) is 5.75 Å². The van der Waals surface area contributed by atoms with E-state index >= 15 is 0 Å². The van der Waals surface area contributed by atoms with Crippen molar-refractivity contribution in [3.8, 4) is 11.5 Å². The normalized spacial score (nSPS) is 10.3. The minimum absolute atomic E-state index is 0.0739. The van der Waals surface area contributed by atoms with E-state index in [4.69, 9.17) is 27.9 Å². The van der Waals surface area contributed by atoms with E-state index in [1.807, 2.05) is 6.07 Å². The molecule has 100 valence electrons. The molecule has 0 amide bonds. The number of methoxy groups -OCH3 is 1. The zero-order valence-corrected chi connectivity index (χ0v) is 11.8. The van der Waals surface area contributed by atoms with Crippen LogP contribution in [-0.2, 0) is 6.54 Å². The summed E-state index contributed by atoms with van der Waals surface area (Å²) in [6, 6.07) is 10.5. The Kier molecular flexibility index (Phi) is 4.40. The molecule has 0 saturated carbocycles. The first kappa shape index (κ1) is 13.8. The van der Waals surface area contributed by atoms with Crippen molar-refractivity contribution in [2.24, 2.45) is 0 Å². The van der Waals surface area contributed by atoms with Crippen molar-refractivity contribution in [3.05, 3.63) is 52.0 Å². The summed E-state index contributed by atoms with van der Waals surface area (Å²) in [4.78, 5) is 0. The van der Waals surface area contributed by atoms with Crippen molar-refractivity contribution in [1.82, 2.24) is 0 Å². The van der Waals surface area contributed by atoms with Crippen LogP contribution in [0.2, 0.25) is 10.0 Å². The van der Waals surface area contributed by atoms with Gasteiger partial charge in [0.05, 0.1) is 22.8 Å². The van der Waals surface area contributed by atoms with Gasteiger partial charge in [0, 0.05) is 12.6 Å². The van der Waals surface area contributed by atoms with Gasteiger partial charge in [-0.05, 0) is 29.8 Å². The average molecular weight is 298 g/mol. The van der Waals surface area contributed by atoms with E-state index in [2.05, 4.69) is 5.32 Å². The molecule has 0 atom stereocenters. The Hall–Kier alpha value is -1.58. The third kappa shape index (κ3) is 3.46. The molecular formula is C14H13Cl2NO2. The van der Waals surface area contributed by atoms with E-state index in [1.165, 1.54) is 0 Å². The summed E-state index contributed by atoms with van der Waals surface area (Å²) in [6.07, 6.45) is 0. The fourth-order valence-corrected chi connectivity index (χ4v) is 2.01. The Morgan fingerprint density at radius 3 is 2.58 bits per heavy atom. The van der Waals surface area contributed by atoms with Crippen LogP contribution in [0.4, 0.5) is 5.69 Å². The van der Waals surface area contributed by atoms with Crippen molar-refractivity contribution in [1.29, 1.82) is 0 Å². The van der Waals surface area contributed by atoms with Crippen LogP contribution in [0.1, 0.15) is 5.56 Å². The van der Waals surface area contributed by atoms with Gasteiger partial charge >= 0.3 is 0 Å². The smallest absolute Gasteiger partial charge is 0.134 e. The van der Waals surface area contributed by atoms with Gasteiger partial charge in [0.1, 0.15) is 11.5 Å². The summed E-state index contributed by atoms with van der Waals surface area (Å²) in [5.41, 5.74) is 1.73. The fraction of sp³-hybridized carbons (Fsp3) is 0.143. The lowest BCUT2D eigenvalue weighted by molar-refractivity contribution is 0.415. The van der Waals surface area contributed by atoms with Crippen LogP contribution in [0.5, 0.6) is 11.5 Å². The summed E-state index contributed by atoms with van der Waals surface area (Å²) >= 11 is 11.9. The fourth-order valence-electron chi connectivity index (χ4n) is 1.62. The molecule has 0 saturated heterocycles. The molecule has 2 aromatic carbocycles. The monoisotopic (exact) mass is 297 g/mol. The molecule has 0 radical (unpaired) electrons. The number of hydrogen-bond donors (Lipinski definition) is 2. The summed E-state index contributed by atoms with van der Waals surface area (Å²) < 4.78 is 5.14. The first-order valence-corrected chi connectivity index (χ1v) is 6.40. The predicted octanol–water partition coefficient (Wildman–Crippen LogP) is 4.32. The van der Waals surface area contributed by atoms with Gasteiger partial charge < -0.3 is 15.2 Å². The molecule has 0 aliphatic rings. The third-order valence-corrected chi connectivity index (χ3v) is 3.30. The Morgan fingerprint density at radius 1 is 1.11 bits per heavy atom. The number of halogens is 2. The second-order valence-electron chi connectivity index (χ2n) is 3.99. The molecule has 5 heteroatoms. The largest absolute Gasteiger partial charge is 0.506 e. The average Bonchev–Trinajstić information content (AvgIpc) is 2.41. The molecule has 0 aliphatic heterocycles. The van der Waals surface area contributed by atoms with Gasteiger partial charge in [-0.3, -0.25) is 0 Å². The standard InChI is InChI=1S/C14H13Cl2NO2/c1-19-10-3-4-11(15)13(7-10)17-8-9-2-5-14(18)12(16)6-9/h2-7,17-18H,8H2,1H3. The maximum Gasteiger partial charge on any atom is 0.134 e. The first-order chi connectivity index (χ1) is 9.10. The molecule has 3 nitrogen and oxygen atoms in total. The van der Waals surface area contributed by atoms with Crippen LogP contribution in [0, 0.1) is 0 Å². The molecule has 2 aromatic rings. The number of benzene rings is 2. The zero-order chi connectivity index (χ0) is 13.8. The summed E-state index contributed by atoms with van der Waals surface area (Å²) in [5.74, 6) is 0.806. The Labute approximate surface area is 121 Å². The van der Waals surface area contributed by atoms with Crippen molar-refractivity contribution in [3.63, 3.8) is 0 Å². The summed E-state index contributed by atoms with van der Waals surface area (Å²) in [6.45, 7) is 0.548. The number of nitrogens with one attached hydrogen (secondary N) is 1. The third-order valence-electron chi connectivity index (χ3n) is 2.67. The minimum atomic E-state index is 0.0739. The van der Waals surface area contributed by atoms with Crippen LogP contribution in [0.3, 0.4) is 0 Å². The van der Waals surface area contributed by atoms with Gasteiger partial charge in [-0.25, -0.2) is 0 Å². The number of phenolic OH excluding ortho intramolecular Hbond substituents is 1. The van der Waals surface area contributed by atoms with Gasteiger partial charge in [0.25, 0.3) is 0 Å². The first-order valence-electron chi connectivity index (χ1n) is 5.65. The molecule has 0 aromatic heterocycles. The Morgan fingerprint density at radius 2 is 1.89 bits per heavy atom. The van der Waals surface area contributed by atoms with Gasteiger partial charge in [0.15, 0.2) is 0 Å². The van der Waals surface area contributed by atoms with E-state index < -0.39 is 0 Å². The van der Waals surface area contributed by atoms with Crippen LogP contribution >= 0.6 is 23.2 Å². The molecule has 2 rings (SSSR count). The number of anilines is 1. The van der Waals surface area contributed by atoms with Gasteiger partial charge in [0.2, 0.25) is 0 Å². The molecular weight excluding hydrogens is 285 g/mol. The minimum Gasteiger partial charge on any atom is -0.506 e. The van der Waals surface area contributed by atoms with Crippen LogP contribution in [0.25, 0.3) is 0 Å². The SMILES string of the molecule is COc1ccc(Cl)c(NCc2ccc(O)c(Cl)c2)c1. The molecule has 0 heterocycles. The molecule has 0 fully saturated rings. The van der Waals surface area contributed by atoms with Crippen molar-refractivity contribution in [2.45, 2.75) is 6.54 Å². The number of ether oxygens (including phenoxy) is 1. The highest BCUT2D eigenvalue weighted by Crippen LogP contribution is 2.28. The highest BCUT2D eigenvalue weighted by atomic mass is 35.5. The Balaban J connectivity index is 2.11. The lowest BCUT2D eigenvalue weighted by atomic mass is 10.2. The molecule has 19 heavy (non-hydrogen) atoms. The van der Waals surface area contributed by atoms with Crippen molar-refractivity contribution in [2.75, 3.05) is 12.4 Å². The lowest BCUT2D eigenvalue weighted by Crippen LogP contribution is -2.00.